The second-order valence-electron chi connectivity index (χ2n) is 6.58. The third kappa shape index (κ3) is 4.42. The van der Waals surface area contributed by atoms with E-state index in [1.165, 1.54) is 24.9 Å². The highest BCUT2D eigenvalue weighted by molar-refractivity contribution is 5.15. The summed E-state index contributed by atoms with van der Waals surface area (Å²) >= 11 is 0. The largest absolute Gasteiger partial charge is 0.374 e. The van der Waals surface area contributed by atoms with Crippen molar-refractivity contribution in [2.45, 2.75) is 45.3 Å². The molecule has 1 atom stereocenters. The van der Waals surface area contributed by atoms with Gasteiger partial charge in [0.1, 0.15) is 12.4 Å². The number of rotatable bonds is 7. The summed E-state index contributed by atoms with van der Waals surface area (Å²) in [6, 6.07) is 10.6. The van der Waals surface area contributed by atoms with Gasteiger partial charge in [0.25, 0.3) is 0 Å². The Balaban J connectivity index is 1.75. The van der Waals surface area contributed by atoms with Crippen molar-refractivity contribution >= 4 is 0 Å². The topological polar surface area (TPSA) is 43.2 Å². The van der Waals surface area contributed by atoms with Gasteiger partial charge in [-0.3, -0.25) is 0 Å². The fraction of sp³-hybridized carbons (Fsp3) is 0.579. The van der Waals surface area contributed by atoms with Crippen molar-refractivity contribution in [3.05, 3.63) is 47.5 Å². The number of likely N-dealkylation sites (N-methyl/N-ethyl adjacent to an activating group) is 1. The molecule has 0 aliphatic carbocycles. The van der Waals surface area contributed by atoms with Crippen molar-refractivity contribution in [1.29, 1.82) is 0 Å². The average molecular weight is 328 g/mol. The molecule has 2 heterocycles. The van der Waals surface area contributed by atoms with E-state index in [1.807, 2.05) is 6.92 Å². The van der Waals surface area contributed by atoms with Gasteiger partial charge in [0.2, 0.25) is 0 Å². The first-order valence-electron chi connectivity index (χ1n) is 9.00. The van der Waals surface area contributed by atoms with Gasteiger partial charge in [-0.1, -0.05) is 30.3 Å². The first-order valence-corrected chi connectivity index (χ1v) is 9.00. The average Bonchev–Trinajstić information content (AvgIpc) is 3.02. The van der Waals surface area contributed by atoms with Crippen LogP contribution in [0, 0.1) is 0 Å². The first kappa shape index (κ1) is 17.1. The van der Waals surface area contributed by atoms with Crippen LogP contribution in [0.15, 0.2) is 30.3 Å². The molecule has 24 heavy (non-hydrogen) atoms. The Morgan fingerprint density at radius 3 is 2.83 bits per heavy atom. The maximum absolute atomic E-state index is 5.51. The minimum absolute atomic E-state index is 0.474. The molecule has 1 aromatic heterocycles. The number of hydrogen-bond acceptors (Lipinski definition) is 4. The summed E-state index contributed by atoms with van der Waals surface area (Å²) in [5.74, 6) is 2.42. The van der Waals surface area contributed by atoms with E-state index >= 15 is 0 Å². The maximum Gasteiger partial charge on any atom is 0.176 e. The summed E-state index contributed by atoms with van der Waals surface area (Å²) in [5.41, 5.74) is 1.34. The molecular weight excluding hydrogens is 300 g/mol. The van der Waals surface area contributed by atoms with E-state index in [0.29, 0.717) is 19.1 Å². The standard InChI is InChI=1S/C19H28N4O/c1-3-24-15-18-20-19(17-10-7-12-22(2)14-17)23(21-18)13-11-16-8-5-4-6-9-16/h4-6,8-9,17H,3,7,10-15H2,1-2H3. The molecule has 1 aromatic carbocycles. The molecule has 5 nitrogen and oxygen atoms in total. The SMILES string of the molecule is CCOCc1nc(C2CCCN(C)C2)n(CCc2ccccc2)n1. The zero-order valence-corrected chi connectivity index (χ0v) is 14.8. The molecule has 0 bridgehead atoms. The van der Waals surface area contributed by atoms with E-state index < -0.39 is 0 Å². The van der Waals surface area contributed by atoms with Gasteiger partial charge in [-0.15, -0.1) is 0 Å². The first-order chi connectivity index (χ1) is 11.8. The lowest BCUT2D eigenvalue weighted by Gasteiger charge is -2.29. The predicted octanol–water partition coefficient (Wildman–Crippen LogP) is 2.87. The van der Waals surface area contributed by atoms with Crippen molar-refractivity contribution in [2.24, 2.45) is 0 Å². The third-order valence-corrected chi connectivity index (χ3v) is 4.62. The Labute approximate surface area is 144 Å². The number of aromatic nitrogens is 3. The monoisotopic (exact) mass is 328 g/mol. The molecule has 2 aromatic rings. The van der Waals surface area contributed by atoms with E-state index in [9.17, 15) is 0 Å². The Morgan fingerprint density at radius 1 is 1.25 bits per heavy atom. The molecule has 0 amide bonds. The number of aryl methyl sites for hydroxylation is 2. The van der Waals surface area contributed by atoms with Crippen molar-refractivity contribution in [3.63, 3.8) is 0 Å². The highest BCUT2D eigenvalue weighted by Gasteiger charge is 2.24. The van der Waals surface area contributed by atoms with Crippen LogP contribution < -0.4 is 0 Å². The predicted molar refractivity (Wildman–Crippen MR) is 95.0 cm³/mol. The van der Waals surface area contributed by atoms with Gasteiger partial charge in [0, 0.05) is 25.6 Å². The molecule has 1 unspecified atom stereocenters. The van der Waals surface area contributed by atoms with Crippen LogP contribution in [0.1, 0.15) is 42.9 Å². The maximum atomic E-state index is 5.51. The molecule has 0 saturated carbocycles. The van der Waals surface area contributed by atoms with Crippen LogP contribution in [-0.2, 0) is 24.3 Å². The highest BCUT2D eigenvalue weighted by atomic mass is 16.5. The summed E-state index contributed by atoms with van der Waals surface area (Å²) in [7, 11) is 2.19. The molecular formula is C19H28N4O. The Bertz CT molecular complexity index is 626. The van der Waals surface area contributed by atoms with Crippen LogP contribution in [0.3, 0.4) is 0 Å². The van der Waals surface area contributed by atoms with Gasteiger partial charge in [-0.2, -0.15) is 5.10 Å². The van der Waals surface area contributed by atoms with Gasteiger partial charge >= 0.3 is 0 Å². The normalized spacial score (nSPS) is 18.8. The number of likely N-dealkylation sites (tertiary alicyclic amines) is 1. The van der Waals surface area contributed by atoms with E-state index in [4.69, 9.17) is 14.8 Å². The second-order valence-corrected chi connectivity index (χ2v) is 6.58. The van der Waals surface area contributed by atoms with E-state index in [0.717, 1.165) is 31.2 Å². The van der Waals surface area contributed by atoms with Gasteiger partial charge in [0.15, 0.2) is 5.82 Å². The number of ether oxygens (including phenoxy) is 1. The van der Waals surface area contributed by atoms with Crippen molar-refractivity contribution in [2.75, 3.05) is 26.7 Å². The second kappa shape index (κ2) is 8.40. The molecule has 0 N–H and O–H groups in total. The van der Waals surface area contributed by atoms with E-state index in [2.05, 4.69) is 47.0 Å². The van der Waals surface area contributed by atoms with Crippen molar-refractivity contribution in [3.8, 4) is 0 Å². The van der Waals surface area contributed by atoms with Crippen LogP contribution in [0.2, 0.25) is 0 Å². The number of benzene rings is 1. The molecule has 0 radical (unpaired) electrons. The lowest BCUT2D eigenvalue weighted by Crippen LogP contribution is -2.32. The molecule has 3 rings (SSSR count). The Morgan fingerprint density at radius 2 is 2.08 bits per heavy atom. The molecule has 0 spiro atoms. The van der Waals surface area contributed by atoms with Crippen LogP contribution in [0.25, 0.3) is 0 Å². The molecule has 1 saturated heterocycles. The molecule has 5 heteroatoms. The fourth-order valence-corrected chi connectivity index (χ4v) is 3.38. The summed E-state index contributed by atoms with van der Waals surface area (Å²) in [5, 5.41) is 4.73. The van der Waals surface area contributed by atoms with E-state index in [-0.39, 0.29) is 0 Å². The van der Waals surface area contributed by atoms with Gasteiger partial charge in [-0.05, 0) is 45.3 Å². The molecule has 1 aliphatic heterocycles. The van der Waals surface area contributed by atoms with Crippen LogP contribution in [0.4, 0.5) is 0 Å². The Kier molecular flexibility index (Phi) is 5.99. The van der Waals surface area contributed by atoms with Gasteiger partial charge in [-0.25, -0.2) is 9.67 Å². The zero-order chi connectivity index (χ0) is 16.8. The Hall–Kier alpha value is -1.72. The summed E-state index contributed by atoms with van der Waals surface area (Å²) in [6.07, 6.45) is 3.41. The van der Waals surface area contributed by atoms with Crippen molar-refractivity contribution in [1.82, 2.24) is 19.7 Å². The third-order valence-electron chi connectivity index (χ3n) is 4.62. The summed E-state index contributed by atoms with van der Waals surface area (Å²) in [4.78, 5) is 7.21. The smallest absolute Gasteiger partial charge is 0.176 e. The fourth-order valence-electron chi connectivity index (χ4n) is 3.38. The quantitative estimate of drug-likeness (QED) is 0.784. The van der Waals surface area contributed by atoms with Crippen LogP contribution >= 0.6 is 0 Å². The lowest BCUT2D eigenvalue weighted by atomic mass is 9.97. The minimum atomic E-state index is 0.474. The molecule has 1 fully saturated rings. The van der Waals surface area contributed by atoms with Crippen LogP contribution in [0.5, 0.6) is 0 Å². The number of nitrogens with zero attached hydrogens (tertiary/aromatic N) is 4. The van der Waals surface area contributed by atoms with Gasteiger partial charge < -0.3 is 9.64 Å². The summed E-state index contributed by atoms with van der Waals surface area (Å²) in [6.45, 7) is 6.32. The highest BCUT2D eigenvalue weighted by Crippen LogP contribution is 2.25. The minimum Gasteiger partial charge on any atom is -0.374 e. The molecule has 130 valence electrons. The van der Waals surface area contributed by atoms with Crippen molar-refractivity contribution < 1.29 is 4.74 Å². The van der Waals surface area contributed by atoms with Gasteiger partial charge in [0.05, 0.1) is 0 Å². The number of piperidine rings is 1. The summed E-state index contributed by atoms with van der Waals surface area (Å²) < 4.78 is 7.63. The number of hydrogen-bond donors (Lipinski definition) is 0. The zero-order valence-electron chi connectivity index (χ0n) is 14.8. The molecule has 1 aliphatic rings. The van der Waals surface area contributed by atoms with Crippen LogP contribution in [-0.4, -0.2) is 46.4 Å². The van der Waals surface area contributed by atoms with E-state index in [1.54, 1.807) is 0 Å². The lowest BCUT2D eigenvalue weighted by molar-refractivity contribution is 0.128.